The molecule has 0 rings (SSSR count). The van der Waals surface area contributed by atoms with Crippen LogP contribution >= 0.6 is 0 Å². The number of rotatable bonds is 9. The molecule has 0 saturated carbocycles. The van der Waals surface area contributed by atoms with Crippen molar-refractivity contribution in [2.75, 3.05) is 17.3 Å². The molecule has 0 aliphatic heterocycles. The van der Waals surface area contributed by atoms with Crippen LogP contribution in [-0.2, 0) is 10.9 Å². The van der Waals surface area contributed by atoms with Crippen molar-refractivity contribution in [3.8, 4) is 0 Å². The first-order valence-electron chi connectivity index (χ1n) is 5.99. The maximum Gasteiger partial charge on any atom is 0.108 e. The topological polar surface area (TPSA) is 30.0 Å². The normalized spacial score (nSPS) is 10.3. The Hall–Kier alpha value is 0.310. The predicted molar refractivity (Wildman–Crippen MR) is 68.6 cm³/mol. The molecule has 0 aliphatic carbocycles. The summed E-state index contributed by atoms with van der Waals surface area (Å²) in [5.41, 5.74) is 0. The van der Waals surface area contributed by atoms with Gasteiger partial charge in [0, 0.05) is 0 Å². The van der Waals surface area contributed by atoms with Crippen molar-refractivity contribution >= 4 is 10.9 Å². The third kappa shape index (κ3) is 10.4. The maximum absolute atomic E-state index is 2.31. The average Bonchev–Trinajstić information content (AvgIpc) is 2.17. The molecular weight excluding hydrogens is 192 g/mol. The van der Waals surface area contributed by atoms with Gasteiger partial charge in [-0.1, -0.05) is 40.0 Å². The second-order valence-electron chi connectivity index (χ2n) is 3.79. The highest BCUT2D eigenvalue weighted by Crippen LogP contribution is 2.08. The number of hydrogen-bond acceptors (Lipinski definition) is 1. The van der Waals surface area contributed by atoms with E-state index in [-0.39, 0.29) is 5.48 Å². The molecule has 0 unspecified atom stereocenters. The molecule has 0 aromatic carbocycles. The van der Waals surface area contributed by atoms with Crippen LogP contribution in [0.3, 0.4) is 0 Å². The van der Waals surface area contributed by atoms with Gasteiger partial charge >= 0.3 is 0 Å². The van der Waals surface area contributed by atoms with Gasteiger partial charge in [-0.05, 0) is 30.2 Å². The molecule has 0 radical (unpaired) electrons. The van der Waals surface area contributed by atoms with E-state index < -0.39 is 0 Å². The fraction of sp³-hybridized carbons (Fsp3) is 1.00. The summed E-state index contributed by atoms with van der Waals surface area (Å²) in [4.78, 5) is 0. The summed E-state index contributed by atoms with van der Waals surface area (Å²) >= 11 is 0. The number of unbranched alkanes of at least 4 members (excludes halogenated alkanes) is 3. The Balaban J connectivity index is 0. The van der Waals surface area contributed by atoms with Gasteiger partial charge in [-0.2, -0.15) is 0 Å². The third-order valence-corrected chi connectivity index (χ3v) is 4.96. The van der Waals surface area contributed by atoms with E-state index in [1.165, 1.54) is 55.8 Å². The Bertz CT molecular complexity index is 77.3. The van der Waals surface area contributed by atoms with Gasteiger partial charge < -0.3 is 5.48 Å². The summed E-state index contributed by atoms with van der Waals surface area (Å²) in [5.74, 6) is 4.53. The minimum Gasteiger partial charge on any atom is -0.870 e. The first-order valence-corrected chi connectivity index (χ1v) is 7.72. The van der Waals surface area contributed by atoms with Gasteiger partial charge in [0.15, 0.2) is 0 Å². The molecule has 0 spiro atoms. The highest BCUT2D eigenvalue weighted by atomic mass is 32.2. The summed E-state index contributed by atoms with van der Waals surface area (Å²) < 4.78 is 0. The molecule has 88 valence electrons. The van der Waals surface area contributed by atoms with Crippen LogP contribution in [0.5, 0.6) is 0 Å². The maximum atomic E-state index is 2.31. The second-order valence-corrected chi connectivity index (χ2v) is 6.23. The van der Waals surface area contributed by atoms with Crippen molar-refractivity contribution in [2.24, 2.45) is 0 Å². The van der Waals surface area contributed by atoms with Crippen LogP contribution in [0.2, 0.25) is 0 Å². The first-order chi connectivity index (χ1) is 6.35. The lowest BCUT2D eigenvalue weighted by atomic mass is 10.4. The summed E-state index contributed by atoms with van der Waals surface area (Å²) in [6.07, 6.45) is 8.49. The lowest BCUT2D eigenvalue weighted by molar-refractivity contribution is 0.824. The van der Waals surface area contributed by atoms with Crippen molar-refractivity contribution in [3.63, 3.8) is 0 Å². The Morgan fingerprint density at radius 3 is 1.14 bits per heavy atom. The lowest BCUT2D eigenvalue weighted by Crippen LogP contribution is -2.16. The molecule has 0 heterocycles. The van der Waals surface area contributed by atoms with Gasteiger partial charge in [0.25, 0.3) is 0 Å². The van der Waals surface area contributed by atoms with Crippen LogP contribution in [0.25, 0.3) is 0 Å². The third-order valence-electron chi connectivity index (χ3n) is 2.36. The predicted octanol–water partition coefficient (Wildman–Crippen LogP) is 3.83. The molecule has 0 aromatic heterocycles. The highest BCUT2D eigenvalue weighted by molar-refractivity contribution is 7.96. The van der Waals surface area contributed by atoms with E-state index in [1.54, 1.807) is 0 Å². The van der Waals surface area contributed by atoms with Crippen molar-refractivity contribution in [3.05, 3.63) is 0 Å². The standard InChI is InChI=1S/C12H27S.H2O/c1-4-7-10-13(11-8-5-2)12-9-6-3;/h4-12H2,1-3H3;1H2/q+1;/p-1. The van der Waals surface area contributed by atoms with Crippen LogP contribution in [0, 0.1) is 0 Å². The lowest BCUT2D eigenvalue weighted by Gasteiger charge is -2.07. The molecule has 0 aliphatic rings. The molecule has 1 nitrogen and oxygen atoms in total. The zero-order chi connectivity index (χ0) is 9.94. The molecule has 0 saturated heterocycles. The SMILES string of the molecule is CCCC[S+](CCCC)CCCC.[OH-]. The van der Waals surface area contributed by atoms with Gasteiger partial charge in [0.2, 0.25) is 0 Å². The molecule has 0 bridgehead atoms. The molecule has 0 amide bonds. The second kappa shape index (κ2) is 13.3. The minimum absolute atomic E-state index is 0. The van der Waals surface area contributed by atoms with Crippen molar-refractivity contribution in [1.82, 2.24) is 0 Å². The van der Waals surface area contributed by atoms with Crippen LogP contribution < -0.4 is 0 Å². The minimum atomic E-state index is 0. The average molecular weight is 220 g/mol. The summed E-state index contributed by atoms with van der Waals surface area (Å²) in [6.45, 7) is 6.92. The van der Waals surface area contributed by atoms with E-state index in [4.69, 9.17) is 0 Å². The van der Waals surface area contributed by atoms with Crippen LogP contribution in [0.15, 0.2) is 0 Å². The molecule has 0 aromatic rings. The first kappa shape index (κ1) is 16.7. The van der Waals surface area contributed by atoms with Gasteiger partial charge in [0.1, 0.15) is 17.3 Å². The van der Waals surface area contributed by atoms with Crippen molar-refractivity contribution < 1.29 is 5.48 Å². The van der Waals surface area contributed by atoms with Crippen molar-refractivity contribution in [1.29, 1.82) is 0 Å². The number of hydrogen-bond donors (Lipinski definition) is 0. The summed E-state index contributed by atoms with van der Waals surface area (Å²) in [7, 11) is 0.776. The van der Waals surface area contributed by atoms with E-state index in [9.17, 15) is 0 Å². The fourth-order valence-electron chi connectivity index (χ4n) is 1.35. The van der Waals surface area contributed by atoms with E-state index >= 15 is 0 Å². The Morgan fingerprint density at radius 2 is 0.929 bits per heavy atom. The van der Waals surface area contributed by atoms with Gasteiger partial charge in [-0.15, -0.1) is 0 Å². The van der Waals surface area contributed by atoms with E-state index in [0.717, 1.165) is 10.9 Å². The van der Waals surface area contributed by atoms with Crippen LogP contribution in [-0.4, -0.2) is 22.7 Å². The van der Waals surface area contributed by atoms with Crippen molar-refractivity contribution in [2.45, 2.75) is 59.3 Å². The molecule has 0 atom stereocenters. The Kier molecular flexibility index (Phi) is 15.9. The molecule has 1 N–H and O–H groups in total. The van der Waals surface area contributed by atoms with E-state index in [1.807, 2.05) is 0 Å². The van der Waals surface area contributed by atoms with E-state index in [0.29, 0.717) is 0 Å². The van der Waals surface area contributed by atoms with Gasteiger partial charge in [-0.25, -0.2) is 0 Å². The smallest absolute Gasteiger partial charge is 0.108 e. The zero-order valence-electron chi connectivity index (χ0n) is 10.2. The summed E-state index contributed by atoms with van der Waals surface area (Å²) in [6, 6.07) is 0. The van der Waals surface area contributed by atoms with E-state index in [2.05, 4.69) is 20.8 Å². The van der Waals surface area contributed by atoms with Gasteiger partial charge in [0.05, 0.1) is 0 Å². The molecule has 2 heteroatoms. The zero-order valence-corrected chi connectivity index (χ0v) is 11.0. The molecule has 0 fully saturated rings. The molecular formula is C12H28OS. The van der Waals surface area contributed by atoms with Crippen LogP contribution in [0.4, 0.5) is 0 Å². The monoisotopic (exact) mass is 220 g/mol. The summed E-state index contributed by atoms with van der Waals surface area (Å²) in [5, 5.41) is 0. The quantitative estimate of drug-likeness (QED) is 0.543. The van der Waals surface area contributed by atoms with Crippen LogP contribution in [0.1, 0.15) is 59.3 Å². The molecule has 14 heavy (non-hydrogen) atoms. The Labute approximate surface area is 93.3 Å². The fourth-order valence-corrected chi connectivity index (χ4v) is 4.05. The van der Waals surface area contributed by atoms with Gasteiger partial charge in [-0.3, -0.25) is 0 Å². The Morgan fingerprint density at radius 1 is 0.643 bits per heavy atom. The highest BCUT2D eigenvalue weighted by Gasteiger charge is 2.14. The largest absolute Gasteiger partial charge is 0.870 e.